The second-order valence-electron chi connectivity index (χ2n) is 8.26. The maximum atomic E-state index is 14.0. The van der Waals surface area contributed by atoms with Gasteiger partial charge in [0, 0.05) is 44.6 Å². The van der Waals surface area contributed by atoms with Crippen LogP contribution >= 0.6 is 12.4 Å². The van der Waals surface area contributed by atoms with Crippen molar-refractivity contribution in [2.75, 3.05) is 32.8 Å². The number of benzene rings is 1. The van der Waals surface area contributed by atoms with Gasteiger partial charge in [0.1, 0.15) is 11.4 Å². The normalized spacial score (nSPS) is 26.2. The van der Waals surface area contributed by atoms with E-state index < -0.39 is 16.8 Å². The van der Waals surface area contributed by atoms with Crippen molar-refractivity contribution in [3.63, 3.8) is 0 Å². The Balaban J connectivity index is 0.00000300. The fourth-order valence-electron chi connectivity index (χ4n) is 4.21. The molecule has 2 amide bonds. The average molecular weight is 428 g/mol. The van der Waals surface area contributed by atoms with Gasteiger partial charge in [-0.05, 0) is 25.5 Å². The van der Waals surface area contributed by atoms with Crippen molar-refractivity contribution in [1.82, 2.24) is 9.80 Å². The summed E-state index contributed by atoms with van der Waals surface area (Å²) in [6.45, 7) is 8.26. The minimum atomic E-state index is -0.961. The molecule has 1 saturated carbocycles. The van der Waals surface area contributed by atoms with Crippen LogP contribution in [0.5, 0.6) is 0 Å². The van der Waals surface area contributed by atoms with Crippen LogP contribution in [0.25, 0.3) is 0 Å². The Morgan fingerprint density at radius 2 is 1.79 bits per heavy atom. The number of rotatable bonds is 4. The third-order valence-corrected chi connectivity index (χ3v) is 6.39. The Bertz CT molecular complexity index is 760. The maximum absolute atomic E-state index is 14.0. The topological polar surface area (TPSA) is 75.9 Å². The van der Waals surface area contributed by atoms with Crippen LogP contribution in [0.3, 0.4) is 0 Å². The molecule has 3 rings (SSSR count). The highest BCUT2D eigenvalue weighted by Crippen LogP contribution is 2.50. The number of nitrogens with two attached hydrogens (primary N) is 1. The highest BCUT2D eigenvalue weighted by atomic mass is 35.5. The van der Waals surface area contributed by atoms with Gasteiger partial charge in [0.2, 0.25) is 5.91 Å². The lowest BCUT2D eigenvalue weighted by Crippen LogP contribution is -2.76. The predicted molar refractivity (Wildman–Crippen MR) is 111 cm³/mol. The summed E-state index contributed by atoms with van der Waals surface area (Å²) >= 11 is 0. The van der Waals surface area contributed by atoms with Crippen LogP contribution in [0.1, 0.15) is 44.0 Å². The van der Waals surface area contributed by atoms with Gasteiger partial charge >= 0.3 is 0 Å². The molecule has 162 valence electrons. The molecule has 1 aromatic carbocycles. The molecule has 1 aromatic rings. The number of halogens is 2. The smallest absolute Gasteiger partial charge is 0.256 e. The van der Waals surface area contributed by atoms with Gasteiger partial charge in [0.05, 0.1) is 11.7 Å². The molecule has 29 heavy (non-hydrogen) atoms. The molecule has 0 bridgehead atoms. The third kappa shape index (κ3) is 4.13. The van der Waals surface area contributed by atoms with Gasteiger partial charge in [-0.3, -0.25) is 9.59 Å². The molecule has 0 radical (unpaired) electrons. The highest BCUT2D eigenvalue weighted by molar-refractivity contribution is 5.94. The molecule has 0 aromatic heterocycles. The van der Waals surface area contributed by atoms with Crippen LogP contribution in [-0.2, 0) is 9.53 Å². The quantitative estimate of drug-likeness (QED) is 0.800. The fraction of sp³-hybridized carbons (Fsp3) is 0.619. The summed E-state index contributed by atoms with van der Waals surface area (Å²) in [5.41, 5.74) is 5.19. The van der Waals surface area contributed by atoms with Crippen molar-refractivity contribution >= 4 is 24.2 Å². The molecule has 2 fully saturated rings. The minimum absolute atomic E-state index is 0. The zero-order valence-electron chi connectivity index (χ0n) is 17.3. The van der Waals surface area contributed by atoms with E-state index in [2.05, 4.69) is 0 Å². The fourth-order valence-corrected chi connectivity index (χ4v) is 4.21. The van der Waals surface area contributed by atoms with Crippen LogP contribution in [0.2, 0.25) is 0 Å². The van der Waals surface area contributed by atoms with Crippen molar-refractivity contribution in [2.45, 2.75) is 45.3 Å². The van der Waals surface area contributed by atoms with E-state index in [1.807, 2.05) is 20.8 Å². The Hall–Kier alpha value is -1.70. The Kier molecular flexibility index (Phi) is 7.30. The Morgan fingerprint density at radius 1 is 1.17 bits per heavy atom. The summed E-state index contributed by atoms with van der Waals surface area (Å²) in [7, 11) is 0. The number of amides is 2. The SMILES string of the molecule is CCOC1CC(N)(C(=O)N2CCCN(C(=O)c3ccccc3F)CC2)C1(C)C.Cl. The van der Waals surface area contributed by atoms with E-state index in [1.54, 1.807) is 21.9 Å². The second-order valence-corrected chi connectivity index (χ2v) is 8.26. The van der Waals surface area contributed by atoms with E-state index in [-0.39, 0.29) is 35.9 Å². The van der Waals surface area contributed by atoms with E-state index >= 15 is 0 Å². The monoisotopic (exact) mass is 427 g/mol. The van der Waals surface area contributed by atoms with Crippen LogP contribution < -0.4 is 5.73 Å². The summed E-state index contributed by atoms with van der Waals surface area (Å²) in [4.78, 5) is 29.2. The van der Waals surface area contributed by atoms with Gasteiger partial charge in [0.15, 0.2) is 0 Å². The van der Waals surface area contributed by atoms with E-state index in [4.69, 9.17) is 10.5 Å². The summed E-state index contributed by atoms with van der Waals surface area (Å²) < 4.78 is 19.7. The third-order valence-electron chi connectivity index (χ3n) is 6.39. The van der Waals surface area contributed by atoms with Crippen molar-refractivity contribution in [3.05, 3.63) is 35.6 Å². The van der Waals surface area contributed by atoms with E-state index in [0.29, 0.717) is 45.6 Å². The number of hydrogen-bond acceptors (Lipinski definition) is 4. The Morgan fingerprint density at radius 3 is 2.41 bits per heavy atom. The zero-order valence-corrected chi connectivity index (χ0v) is 18.1. The zero-order chi connectivity index (χ0) is 20.5. The van der Waals surface area contributed by atoms with Crippen molar-refractivity contribution in [3.8, 4) is 0 Å². The lowest BCUT2D eigenvalue weighted by molar-refractivity contribution is -0.179. The first-order chi connectivity index (χ1) is 13.2. The van der Waals surface area contributed by atoms with Crippen LogP contribution in [0.15, 0.2) is 24.3 Å². The minimum Gasteiger partial charge on any atom is -0.378 e. The van der Waals surface area contributed by atoms with Gasteiger partial charge < -0.3 is 20.3 Å². The summed E-state index contributed by atoms with van der Waals surface area (Å²) in [6.07, 6.45) is 1.11. The molecular formula is C21H31ClFN3O3. The molecule has 1 heterocycles. The van der Waals surface area contributed by atoms with Gasteiger partial charge in [-0.25, -0.2) is 4.39 Å². The summed E-state index contributed by atoms with van der Waals surface area (Å²) in [5.74, 6) is -0.951. The highest BCUT2D eigenvalue weighted by Gasteiger charge is 2.63. The molecule has 1 aliphatic heterocycles. The molecule has 0 spiro atoms. The number of carbonyl (C=O) groups is 2. The van der Waals surface area contributed by atoms with Crippen molar-refractivity contribution in [2.24, 2.45) is 11.1 Å². The second kappa shape index (κ2) is 8.98. The van der Waals surface area contributed by atoms with Crippen molar-refractivity contribution < 1.29 is 18.7 Å². The molecule has 1 saturated heterocycles. The number of hydrogen-bond donors (Lipinski definition) is 1. The van der Waals surface area contributed by atoms with Crippen molar-refractivity contribution in [1.29, 1.82) is 0 Å². The average Bonchev–Trinajstić information content (AvgIpc) is 2.93. The lowest BCUT2D eigenvalue weighted by Gasteiger charge is -2.58. The van der Waals surface area contributed by atoms with E-state index in [1.165, 1.54) is 12.1 Å². The van der Waals surface area contributed by atoms with Crippen LogP contribution in [0, 0.1) is 11.2 Å². The molecule has 2 atom stereocenters. The first-order valence-corrected chi connectivity index (χ1v) is 9.96. The molecule has 8 heteroatoms. The first-order valence-electron chi connectivity index (χ1n) is 9.96. The lowest BCUT2D eigenvalue weighted by atomic mass is 9.54. The van der Waals surface area contributed by atoms with Gasteiger partial charge in [-0.15, -0.1) is 12.4 Å². The molecule has 2 N–H and O–H groups in total. The summed E-state index contributed by atoms with van der Waals surface area (Å²) in [6, 6.07) is 5.98. The molecule has 6 nitrogen and oxygen atoms in total. The molecular weight excluding hydrogens is 397 g/mol. The molecule has 1 aliphatic carbocycles. The molecule has 2 aliphatic rings. The Labute approximate surface area is 178 Å². The van der Waals surface area contributed by atoms with Gasteiger partial charge in [-0.1, -0.05) is 26.0 Å². The van der Waals surface area contributed by atoms with E-state index in [0.717, 1.165) is 0 Å². The number of carbonyl (C=O) groups excluding carboxylic acids is 2. The maximum Gasteiger partial charge on any atom is 0.256 e. The van der Waals surface area contributed by atoms with Gasteiger partial charge in [-0.2, -0.15) is 0 Å². The van der Waals surface area contributed by atoms with Gasteiger partial charge in [0.25, 0.3) is 5.91 Å². The predicted octanol–water partition coefficient (Wildman–Crippen LogP) is 2.45. The van der Waals surface area contributed by atoms with Crippen LogP contribution in [0.4, 0.5) is 4.39 Å². The summed E-state index contributed by atoms with van der Waals surface area (Å²) in [5, 5.41) is 0. The molecule has 2 unspecified atom stereocenters. The van der Waals surface area contributed by atoms with E-state index in [9.17, 15) is 14.0 Å². The largest absolute Gasteiger partial charge is 0.378 e. The first kappa shape index (κ1) is 23.6. The number of nitrogens with zero attached hydrogens (tertiary/aromatic N) is 2. The standard InChI is InChI=1S/C21H30FN3O3.ClH/c1-4-28-17-14-21(23,20(17,2)3)19(27)25-11-7-10-24(12-13-25)18(26)15-8-5-6-9-16(15)22;/h5-6,8-9,17H,4,7,10-14,23H2,1-3H3;1H. The number of ether oxygens (including phenoxy) is 1. The van der Waals surface area contributed by atoms with Crippen LogP contribution in [-0.4, -0.2) is 66.0 Å².